The summed E-state index contributed by atoms with van der Waals surface area (Å²) in [5.41, 5.74) is 4.36. The molecular formula is C16H28. The van der Waals surface area contributed by atoms with Gasteiger partial charge in [0.1, 0.15) is 0 Å². The van der Waals surface area contributed by atoms with E-state index < -0.39 is 0 Å². The van der Waals surface area contributed by atoms with Crippen molar-refractivity contribution in [1.82, 2.24) is 0 Å². The third-order valence-corrected chi connectivity index (χ3v) is 2.20. The Labute approximate surface area is 102 Å². The molecule has 16 heavy (non-hydrogen) atoms. The zero-order valence-corrected chi connectivity index (χ0v) is 11.9. The first-order valence-electron chi connectivity index (χ1n) is 6.34. The molecule has 0 unspecified atom stereocenters. The van der Waals surface area contributed by atoms with Crippen LogP contribution in [0, 0.1) is 6.92 Å². The number of hydrogen-bond acceptors (Lipinski definition) is 0. The summed E-state index contributed by atoms with van der Waals surface area (Å²) in [6, 6.07) is 6.76. The van der Waals surface area contributed by atoms with Crippen molar-refractivity contribution in [3.05, 3.63) is 47.5 Å². The second-order valence-corrected chi connectivity index (χ2v) is 3.38. The van der Waals surface area contributed by atoms with Gasteiger partial charge in [-0.2, -0.15) is 0 Å². The third-order valence-electron chi connectivity index (χ3n) is 2.20. The van der Waals surface area contributed by atoms with Crippen molar-refractivity contribution >= 4 is 0 Å². The second-order valence-electron chi connectivity index (χ2n) is 3.38. The maximum Gasteiger partial charge on any atom is -0.0305 e. The van der Waals surface area contributed by atoms with Crippen LogP contribution in [0.3, 0.4) is 0 Å². The molecule has 0 saturated heterocycles. The Bertz CT molecular complexity index is 271. The highest BCUT2D eigenvalue weighted by molar-refractivity contribution is 5.30. The van der Waals surface area contributed by atoms with Gasteiger partial charge in [-0.05, 0) is 43.4 Å². The van der Waals surface area contributed by atoms with Crippen LogP contribution in [0.15, 0.2) is 30.9 Å². The van der Waals surface area contributed by atoms with Gasteiger partial charge in [0.25, 0.3) is 0 Å². The van der Waals surface area contributed by atoms with Crippen molar-refractivity contribution in [2.75, 3.05) is 0 Å². The van der Waals surface area contributed by atoms with Crippen LogP contribution in [0.2, 0.25) is 0 Å². The quantitative estimate of drug-likeness (QED) is 0.590. The molecule has 0 amide bonds. The molecule has 1 aromatic carbocycles. The van der Waals surface area contributed by atoms with E-state index in [0.29, 0.717) is 0 Å². The van der Waals surface area contributed by atoms with Gasteiger partial charge in [0.05, 0.1) is 0 Å². The van der Waals surface area contributed by atoms with Gasteiger partial charge in [-0.15, -0.1) is 6.58 Å². The van der Waals surface area contributed by atoms with E-state index in [-0.39, 0.29) is 0 Å². The van der Waals surface area contributed by atoms with Gasteiger partial charge in [0.15, 0.2) is 0 Å². The van der Waals surface area contributed by atoms with Crippen molar-refractivity contribution < 1.29 is 0 Å². The lowest BCUT2D eigenvalue weighted by molar-refractivity contribution is 1.07. The minimum atomic E-state index is 1.14. The molecular weight excluding hydrogens is 192 g/mol. The van der Waals surface area contributed by atoms with E-state index in [4.69, 9.17) is 0 Å². The van der Waals surface area contributed by atoms with E-state index in [1.54, 1.807) is 6.08 Å². The maximum absolute atomic E-state index is 3.36. The molecule has 0 spiro atoms. The summed E-state index contributed by atoms with van der Waals surface area (Å²) in [5, 5.41) is 0. The van der Waals surface area contributed by atoms with E-state index in [1.807, 2.05) is 20.8 Å². The molecule has 0 heterocycles. The van der Waals surface area contributed by atoms with E-state index in [1.165, 1.54) is 16.7 Å². The monoisotopic (exact) mass is 220 g/mol. The molecule has 0 nitrogen and oxygen atoms in total. The highest BCUT2D eigenvalue weighted by Gasteiger charge is 1.95. The van der Waals surface area contributed by atoms with E-state index in [9.17, 15) is 0 Å². The van der Waals surface area contributed by atoms with E-state index in [0.717, 1.165) is 12.8 Å². The van der Waals surface area contributed by atoms with Gasteiger partial charge < -0.3 is 0 Å². The Morgan fingerprint density at radius 3 is 1.94 bits per heavy atom. The van der Waals surface area contributed by atoms with Crippen LogP contribution >= 0.6 is 0 Å². The average molecular weight is 220 g/mol. The van der Waals surface area contributed by atoms with Crippen molar-refractivity contribution in [2.45, 2.75) is 54.4 Å². The van der Waals surface area contributed by atoms with E-state index >= 15 is 0 Å². The number of hydrogen-bond donors (Lipinski definition) is 0. The van der Waals surface area contributed by atoms with Gasteiger partial charge >= 0.3 is 0 Å². The molecule has 92 valence electrons. The standard InChI is InChI=1S/C11H16.C3H6.C2H6/c1-4-10-6-7-11(5-2)9(3)8-10;1-3-2;1-2/h6-8H,4-5H2,1-3H3;3H,1H2,2H3;1-2H3. The summed E-state index contributed by atoms with van der Waals surface area (Å²) in [4.78, 5) is 0. The van der Waals surface area contributed by atoms with Crippen LogP contribution in [-0.2, 0) is 12.8 Å². The summed E-state index contributed by atoms with van der Waals surface area (Å²) < 4.78 is 0. The Morgan fingerprint density at radius 2 is 1.62 bits per heavy atom. The molecule has 0 aliphatic carbocycles. The van der Waals surface area contributed by atoms with Crippen molar-refractivity contribution in [3.63, 3.8) is 0 Å². The summed E-state index contributed by atoms with van der Waals surface area (Å²) in [7, 11) is 0. The fraction of sp³-hybridized carbons (Fsp3) is 0.500. The van der Waals surface area contributed by atoms with Crippen molar-refractivity contribution in [3.8, 4) is 0 Å². The zero-order valence-electron chi connectivity index (χ0n) is 11.9. The van der Waals surface area contributed by atoms with Gasteiger partial charge in [-0.1, -0.05) is 52.0 Å². The lowest BCUT2D eigenvalue weighted by atomic mass is 10.0. The number of aryl methyl sites for hydroxylation is 3. The zero-order chi connectivity index (χ0) is 13.0. The molecule has 0 heteroatoms. The predicted octanol–water partition coefficient (Wildman–Crippen LogP) is 5.34. The summed E-state index contributed by atoms with van der Waals surface area (Å²) in [5.74, 6) is 0. The van der Waals surface area contributed by atoms with Crippen LogP contribution in [0.5, 0.6) is 0 Å². The van der Waals surface area contributed by atoms with Crippen LogP contribution in [0.4, 0.5) is 0 Å². The second kappa shape index (κ2) is 12.0. The highest BCUT2D eigenvalue weighted by Crippen LogP contribution is 2.11. The SMILES string of the molecule is C=CC.CC.CCc1ccc(CC)c(C)c1. The molecule has 1 rings (SSSR count). The lowest BCUT2D eigenvalue weighted by Crippen LogP contribution is -1.88. The van der Waals surface area contributed by atoms with Crippen LogP contribution in [-0.4, -0.2) is 0 Å². The first kappa shape index (κ1) is 17.4. The molecule has 1 aromatic rings. The predicted molar refractivity (Wildman–Crippen MR) is 77.2 cm³/mol. The van der Waals surface area contributed by atoms with Gasteiger partial charge in [-0.3, -0.25) is 0 Å². The topological polar surface area (TPSA) is 0 Å². The van der Waals surface area contributed by atoms with E-state index in [2.05, 4.69) is 45.5 Å². The molecule has 0 bridgehead atoms. The molecule has 0 aliphatic heterocycles. The average Bonchev–Trinajstić information content (AvgIpc) is 2.32. The lowest BCUT2D eigenvalue weighted by Gasteiger charge is -2.04. The molecule has 0 radical (unpaired) electrons. The fourth-order valence-corrected chi connectivity index (χ4v) is 1.37. The normalized spacial score (nSPS) is 8.12. The Hall–Kier alpha value is -1.04. The Morgan fingerprint density at radius 1 is 1.12 bits per heavy atom. The molecule has 0 aromatic heterocycles. The van der Waals surface area contributed by atoms with Crippen LogP contribution < -0.4 is 0 Å². The van der Waals surface area contributed by atoms with Crippen LogP contribution in [0.1, 0.15) is 51.3 Å². The van der Waals surface area contributed by atoms with Gasteiger partial charge in [0, 0.05) is 0 Å². The molecule has 0 N–H and O–H groups in total. The number of allylic oxidation sites excluding steroid dienone is 1. The first-order chi connectivity index (χ1) is 7.69. The van der Waals surface area contributed by atoms with Gasteiger partial charge in [0.2, 0.25) is 0 Å². The largest absolute Gasteiger partial charge is 0.103 e. The number of rotatable bonds is 2. The molecule has 0 aliphatic rings. The Balaban J connectivity index is 0. The van der Waals surface area contributed by atoms with Crippen LogP contribution in [0.25, 0.3) is 0 Å². The summed E-state index contributed by atoms with van der Waals surface area (Å²) in [6.45, 7) is 15.8. The molecule has 0 fully saturated rings. The summed E-state index contributed by atoms with van der Waals surface area (Å²) >= 11 is 0. The van der Waals surface area contributed by atoms with Gasteiger partial charge in [-0.25, -0.2) is 0 Å². The first-order valence-corrected chi connectivity index (χ1v) is 6.34. The third kappa shape index (κ3) is 7.28. The number of benzene rings is 1. The maximum atomic E-state index is 3.36. The summed E-state index contributed by atoms with van der Waals surface area (Å²) in [6.07, 6.45) is 4.04. The minimum Gasteiger partial charge on any atom is -0.103 e. The molecule has 0 atom stereocenters. The smallest absolute Gasteiger partial charge is 0.0305 e. The highest BCUT2D eigenvalue weighted by atomic mass is 14.0. The Kier molecular flexibility index (Phi) is 13.1. The van der Waals surface area contributed by atoms with Crippen molar-refractivity contribution in [1.29, 1.82) is 0 Å². The fourth-order valence-electron chi connectivity index (χ4n) is 1.37. The van der Waals surface area contributed by atoms with Crippen molar-refractivity contribution in [2.24, 2.45) is 0 Å². The molecule has 0 saturated carbocycles. The minimum absolute atomic E-state index is 1.14.